The first-order valence-corrected chi connectivity index (χ1v) is 7.89. The summed E-state index contributed by atoms with van der Waals surface area (Å²) in [4.78, 5) is 27.2. The van der Waals surface area contributed by atoms with Gasteiger partial charge in [0.25, 0.3) is 5.69 Å². The van der Waals surface area contributed by atoms with Gasteiger partial charge in [-0.25, -0.2) is 9.78 Å². The molecule has 0 atom stereocenters. The highest BCUT2D eigenvalue weighted by Crippen LogP contribution is 2.26. The number of carbonyl (C=O) groups excluding carboxylic acids is 1. The van der Waals surface area contributed by atoms with Crippen LogP contribution < -0.4 is 0 Å². The molecule has 2 heterocycles. The monoisotopic (exact) mass is 364 g/mol. The Morgan fingerprint density at radius 2 is 2.25 bits per heavy atom. The van der Waals surface area contributed by atoms with Crippen LogP contribution >= 0.6 is 22.9 Å². The van der Waals surface area contributed by atoms with Gasteiger partial charge >= 0.3 is 5.97 Å². The van der Waals surface area contributed by atoms with Gasteiger partial charge in [0.2, 0.25) is 5.89 Å². The number of thiophene rings is 1. The van der Waals surface area contributed by atoms with Crippen molar-refractivity contribution < 1.29 is 18.9 Å². The number of hydrogen-bond donors (Lipinski definition) is 0. The quantitative estimate of drug-likeness (QED) is 0.380. The number of nitro groups is 1. The van der Waals surface area contributed by atoms with Crippen molar-refractivity contribution in [3.8, 4) is 10.8 Å². The standard InChI is InChI=1S/C15H9ClN2O5S/c16-11-4-3-9(6-12(11)18(20)21)15(19)23-8-10-7-22-14(17-10)13-2-1-5-24-13/h1-7H,8H2. The summed E-state index contributed by atoms with van der Waals surface area (Å²) in [5.41, 5.74) is 0.121. The van der Waals surface area contributed by atoms with Gasteiger partial charge in [0.1, 0.15) is 23.6 Å². The molecule has 0 radical (unpaired) electrons. The largest absolute Gasteiger partial charge is 0.455 e. The van der Waals surface area contributed by atoms with E-state index >= 15 is 0 Å². The molecule has 0 fully saturated rings. The Morgan fingerprint density at radius 3 is 2.96 bits per heavy atom. The van der Waals surface area contributed by atoms with Crippen molar-refractivity contribution in [3.63, 3.8) is 0 Å². The molecular formula is C15H9ClN2O5S. The molecule has 0 amide bonds. The molecule has 0 bridgehead atoms. The zero-order valence-electron chi connectivity index (χ0n) is 12.0. The number of hydrogen-bond acceptors (Lipinski definition) is 7. The van der Waals surface area contributed by atoms with Crippen molar-refractivity contribution in [2.45, 2.75) is 6.61 Å². The van der Waals surface area contributed by atoms with Crippen molar-refractivity contribution >= 4 is 34.6 Å². The summed E-state index contributed by atoms with van der Waals surface area (Å²) in [5.74, 6) is -0.270. The minimum atomic E-state index is -0.713. The highest BCUT2D eigenvalue weighted by molar-refractivity contribution is 7.13. The maximum Gasteiger partial charge on any atom is 0.338 e. The SMILES string of the molecule is O=C(OCc1coc(-c2cccs2)n1)c1ccc(Cl)c([N+](=O)[O-])c1. The predicted octanol–water partition coefficient (Wildman–Crippen LogP) is 4.32. The summed E-state index contributed by atoms with van der Waals surface area (Å²) < 4.78 is 10.4. The third kappa shape index (κ3) is 3.44. The number of benzene rings is 1. The van der Waals surface area contributed by atoms with Gasteiger partial charge in [-0.15, -0.1) is 11.3 Å². The Morgan fingerprint density at radius 1 is 1.42 bits per heavy atom. The van der Waals surface area contributed by atoms with E-state index in [0.29, 0.717) is 11.6 Å². The number of nitrogens with zero attached hydrogens (tertiary/aromatic N) is 2. The van der Waals surface area contributed by atoms with E-state index in [1.807, 2.05) is 17.5 Å². The molecule has 122 valence electrons. The molecule has 0 spiro atoms. The van der Waals surface area contributed by atoms with Gasteiger partial charge in [-0.1, -0.05) is 17.7 Å². The van der Waals surface area contributed by atoms with Crippen LogP contribution in [-0.4, -0.2) is 15.9 Å². The van der Waals surface area contributed by atoms with Crippen molar-refractivity contribution in [2.75, 3.05) is 0 Å². The van der Waals surface area contributed by atoms with Gasteiger partial charge in [0.15, 0.2) is 0 Å². The average molecular weight is 365 g/mol. The molecule has 24 heavy (non-hydrogen) atoms. The number of nitro benzene ring substituents is 1. The Labute approximate surface area is 144 Å². The van der Waals surface area contributed by atoms with Gasteiger partial charge in [-0.2, -0.15) is 0 Å². The average Bonchev–Trinajstić information content (AvgIpc) is 3.24. The topological polar surface area (TPSA) is 95.5 Å². The van der Waals surface area contributed by atoms with Crippen molar-refractivity contribution in [3.05, 3.63) is 68.4 Å². The summed E-state index contributed by atoms with van der Waals surface area (Å²) >= 11 is 7.18. The van der Waals surface area contributed by atoms with Gasteiger partial charge < -0.3 is 9.15 Å². The smallest absolute Gasteiger partial charge is 0.338 e. The number of oxazole rings is 1. The predicted molar refractivity (Wildman–Crippen MR) is 87.0 cm³/mol. The lowest BCUT2D eigenvalue weighted by molar-refractivity contribution is -0.384. The molecule has 9 heteroatoms. The summed E-state index contributed by atoms with van der Waals surface area (Å²) in [5, 5.41) is 12.7. The van der Waals surface area contributed by atoms with Crippen LogP contribution in [0.25, 0.3) is 10.8 Å². The fourth-order valence-corrected chi connectivity index (χ4v) is 2.73. The maximum atomic E-state index is 12.0. The fraction of sp³-hybridized carbons (Fsp3) is 0.0667. The van der Waals surface area contributed by atoms with E-state index in [-0.39, 0.29) is 22.9 Å². The van der Waals surface area contributed by atoms with Crippen molar-refractivity contribution in [2.24, 2.45) is 0 Å². The van der Waals surface area contributed by atoms with Gasteiger partial charge in [0, 0.05) is 6.07 Å². The molecule has 0 aliphatic rings. The van der Waals surface area contributed by atoms with Crippen LogP contribution in [0.1, 0.15) is 16.1 Å². The zero-order chi connectivity index (χ0) is 17.1. The van der Waals surface area contributed by atoms with Crippen molar-refractivity contribution in [1.29, 1.82) is 0 Å². The Balaban J connectivity index is 1.68. The van der Waals surface area contributed by atoms with Crippen LogP contribution in [-0.2, 0) is 11.3 Å². The molecule has 0 saturated heterocycles. The molecular weight excluding hydrogens is 356 g/mol. The first-order chi connectivity index (χ1) is 11.5. The molecule has 0 unspecified atom stereocenters. The highest BCUT2D eigenvalue weighted by Gasteiger charge is 2.17. The summed E-state index contributed by atoms with van der Waals surface area (Å²) in [6.45, 7) is -0.107. The number of esters is 1. The zero-order valence-corrected chi connectivity index (χ0v) is 13.5. The van der Waals surface area contributed by atoms with Crippen LogP contribution in [0.3, 0.4) is 0 Å². The van der Waals surface area contributed by atoms with E-state index < -0.39 is 10.9 Å². The fourth-order valence-electron chi connectivity index (χ4n) is 1.89. The number of halogens is 1. The third-order valence-corrected chi connectivity index (χ3v) is 4.19. The van der Waals surface area contributed by atoms with Gasteiger partial charge in [-0.3, -0.25) is 10.1 Å². The van der Waals surface area contributed by atoms with Crippen LogP contribution in [0.5, 0.6) is 0 Å². The second kappa shape index (κ2) is 6.81. The highest BCUT2D eigenvalue weighted by atomic mass is 35.5. The molecule has 0 saturated carbocycles. The second-order valence-corrected chi connectivity index (χ2v) is 5.98. The molecule has 0 aliphatic carbocycles. The normalized spacial score (nSPS) is 10.5. The second-order valence-electron chi connectivity index (χ2n) is 4.62. The van der Waals surface area contributed by atoms with E-state index in [0.717, 1.165) is 10.9 Å². The minimum Gasteiger partial charge on any atom is -0.455 e. The van der Waals surface area contributed by atoms with Crippen LogP contribution in [0.2, 0.25) is 5.02 Å². The lowest BCUT2D eigenvalue weighted by atomic mass is 10.2. The molecule has 0 N–H and O–H groups in total. The van der Waals surface area contributed by atoms with Gasteiger partial charge in [-0.05, 0) is 23.6 Å². The molecule has 3 aromatic rings. The summed E-state index contributed by atoms with van der Waals surface area (Å²) in [6, 6.07) is 7.44. The Bertz CT molecular complexity index is 891. The molecule has 0 aliphatic heterocycles. The van der Waals surface area contributed by atoms with Crippen LogP contribution in [0.4, 0.5) is 5.69 Å². The van der Waals surface area contributed by atoms with E-state index in [1.54, 1.807) is 0 Å². The molecule has 1 aromatic carbocycles. The van der Waals surface area contributed by atoms with Gasteiger partial charge in [0.05, 0.1) is 15.4 Å². The lowest BCUT2D eigenvalue weighted by Gasteiger charge is -2.03. The molecule has 3 rings (SSSR count). The number of ether oxygens (including phenoxy) is 1. The lowest BCUT2D eigenvalue weighted by Crippen LogP contribution is -2.06. The van der Waals surface area contributed by atoms with E-state index in [9.17, 15) is 14.9 Å². The minimum absolute atomic E-state index is 0.0353. The number of aromatic nitrogens is 1. The molecule has 7 nitrogen and oxygen atoms in total. The maximum absolute atomic E-state index is 12.0. The van der Waals surface area contributed by atoms with E-state index in [4.69, 9.17) is 20.8 Å². The molecule has 2 aromatic heterocycles. The van der Waals surface area contributed by atoms with E-state index in [2.05, 4.69) is 4.98 Å². The summed E-state index contributed by atoms with van der Waals surface area (Å²) in [7, 11) is 0. The number of carbonyl (C=O) groups is 1. The summed E-state index contributed by atoms with van der Waals surface area (Å²) in [6.07, 6.45) is 1.40. The Kier molecular flexibility index (Phi) is 4.59. The first-order valence-electron chi connectivity index (χ1n) is 6.64. The van der Waals surface area contributed by atoms with Crippen LogP contribution in [0, 0.1) is 10.1 Å². The van der Waals surface area contributed by atoms with Crippen LogP contribution in [0.15, 0.2) is 46.4 Å². The van der Waals surface area contributed by atoms with E-state index in [1.165, 1.54) is 29.7 Å². The first kappa shape index (κ1) is 16.2. The van der Waals surface area contributed by atoms with Crippen molar-refractivity contribution in [1.82, 2.24) is 4.98 Å². The number of rotatable bonds is 5. The Hall–Kier alpha value is -2.71. The third-order valence-electron chi connectivity index (χ3n) is 3.01.